The van der Waals surface area contributed by atoms with Gasteiger partial charge in [0.05, 0.1) is 6.04 Å². The van der Waals surface area contributed by atoms with Gasteiger partial charge in [0.15, 0.2) is 23.2 Å². The Morgan fingerprint density at radius 2 is 1.79 bits per heavy atom. The van der Waals surface area contributed by atoms with E-state index < -0.39 is 59.3 Å². The molecule has 0 radical (unpaired) electrons. The molecule has 0 spiro atoms. The van der Waals surface area contributed by atoms with Crippen LogP contribution in [0.4, 0.5) is 17.6 Å². The van der Waals surface area contributed by atoms with Crippen LogP contribution in [-0.4, -0.2) is 31.1 Å². The molecule has 0 aliphatic rings. The van der Waals surface area contributed by atoms with Gasteiger partial charge in [-0.15, -0.1) is 0 Å². The van der Waals surface area contributed by atoms with Crippen molar-refractivity contribution in [3.05, 3.63) is 53.8 Å². The molecule has 1 rings (SSSR count). The van der Waals surface area contributed by atoms with Crippen LogP contribution >= 0.6 is 0 Å². The number of allylic oxidation sites excluding steroid dienone is 1. The van der Waals surface area contributed by atoms with E-state index in [1.807, 2.05) is 0 Å². The SMILES string of the molecule is C=C/C(=C\N=C)CC(NC(=O)C(C)C)C(=O)COc1c(F)c(F)cc(F)c1F. The van der Waals surface area contributed by atoms with Gasteiger partial charge >= 0.3 is 0 Å². The smallest absolute Gasteiger partial charge is 0.223 e. The van der Waals surface area contributed by atoms with Crippen molar-refractivity contribution in [3.63, 3.8) is 0 Å². The van der Waals surface area contributed by atoms with Gasteiger partial charge in [-0.1, -0.05) is 26.5 Å². The van der Waals surface area contributed by atoms with Crippen molar-refractivity contribution in [1.82, 2.24) is 5.32 Å². The monoisotopic (exact) mass is 400 g/mol. The Hall–Kier alpha value is -2.97. The molecular weight excluding hydrogens is 380 g/mol. The topological polar surface area (TPSA) is 67.8 Å². The van der Waals surface area contributed by atoms with Crippen molar-refractivity contribution in [2.45, 2.75) is 26.3 Å². The number of halogens is 4. The molecule has 0 saturated carbocycles. The predicted octanol–water partition coefficient (Wildman–Crippen LogP) is 3.49. The summed E-state index contributed by atoms with van der Waals surface area (Å²) >= 11 is 0. The second kappa shape index (κ2) is 10.4. The maximum absolute atomic E-state index is 13.6. The van der Waals surface area contributed by atoms with E-state index in [1.165, 1.54) is 12.3 Å². The molecule has 28 heavy (non-hydrogen) atoms. The minimum atomic E-state index is -1.77. The van der Waals surface area contributed by atoms with Crippen LogP contribution in [0.15, 0.2) is 35.5 Å². The normalized spacial score (nSPS) is 12.5. The Kier molecular flexibility index (Phi) is 8.56. The summed E-state index contributed by atoms with van der Waals surface area (Å²) < 4.78 is 58.4. The maximum Gasteiger partial charge on any atom is 0.223 e. The van der Waals surface area contributed by atoms with Crippen molar-refractivity contribution in [3.8, 4) is 5.75 Å². The minimum absolute atomic E-state index is 0.0223. The van der Waals surface area contributed by atoms with E-state index in [1.54, 1.807) is 13.8 Å². The second-order valence-electron chi connectivity index (χ2n) is 6.06. The van der Waals surface area contributed by atoms with Crippen LogP contribution in [0.1, 0.15) is 20.3 Å². The number of benzene rings is 1. The lowest BCUT2D eigenvalue weighted by atomic mass is 10.0. The fourth-order valence-electron chi connectivity index (χ4n) is 2.05. The predicted molar refractivity (Wildman–Crippen MR) is 96.0 cm³/mol. The molecule has 1 N–H and O–H groups in total. The number of carbonyl (C=O) groups is 2. The maximum atomic E-state index is 13.6. The zero-order chi connectivity index (χ0) is 21.4. The van der Waals surface area contributed by atoms with Crippen molar-refractivity contribution in [2.75, 3.05) is 6.61 Å². The van der Waals surface area contributed by atoms with E-state index in [0.717, 1.165) is 0 Å². The zero-order valence-electron chi connectivity index (χ0n) is 15.4. The summed E-state index contributed by atoms with van der Waals surface area (Å²) in [7, 11) is 0. The molecule has 0 saturated heterocycles. The summed E-state index contributed by atoms with van der Waals surface area (Å²) in [6, 6.07) is -1.13. The van der Waals surface area contributed by atoms with Gasteiger partial charge in [0.2, 0.25) is 17.5 Å². The van der Waals surface area contributed by atoms with E-state index in [0.29, 0.717) is 5.57 Å². The minimum Gasteiger partial charge on any atom is -0.479 e. The quantitative estimate of drug-likeness (QED) is 0.283. The first-order valence-corrected chi connectivity index (χ1v) is 8.18. The number of amides is 1. The molecule has 0 aromatic heterocycles. The number of hydrogen-bond donors (Lipinski definition) is 1. The summed E-state index contributed by atoms with van der Waals surface area (Å²) in [4.78, 5) is 27.9. The van der Waals surface area contributed by atoms with Gasteiger partial charge in [-0.3, -0.25) is 14.6 Å². The first kappa shape index (κ1) is 23.1. The fraction of sp³-hybridized carbons (Fsp3) is 0.316. The molecule has 152 valence electrons. The lowest BCUT2D eigenvalue weighted by Gasteiger charge is -2.20. The van der Waals surface area contributed by atoms with Gasteiger partial charge in [0.25, 0.3) is 0 Å². The van der Waals surface area contributed by atoms with Gasteiger partial charge < -0.3 is 10.1 Å². The molecule has 1 amide bonds. The summed E-state index contributed by atoms with van der Waals surface area (Å²) in [5, 5.41) is 2.47. The highest BCUT2D eigenvalue weighted by Gasteiger charge is 2.26. The van der Waals surface area contributed by atoms with Crippen molar-refractivity contribution in [2.24, 2.45) is 10.9 Å². The summed E-state index contributed by atoms with van der Waals surface area (Å²) in [6.45, 7) is 9.09. The molecule has 0 heterocycles. The molecule has 1 aromatic rings. The number of nitrogens with one attached hydrogen (secondary N) is 1. The molecule has 0 fully saturated rings. The molecule has 0 aliphatic carbocycles. The highest BCUT2D eigenvalue weighted by Crippen LogP contribution is 2.26. The number of Topliss-reactive ketones (excluding diaryl/α,β-unsaturated/α-hetero) is 1. The lowest BCUT2D eigenvalue weighted by Crippen LogP contribution is -2.44. The Morgan fingerprint density at radius 3 is 2.25 bits per heavy atom. The van der Waals surface area contributed by atoms with Crippen molar-refractivity contribution >= 4 is 18.4 Å². The number of aliphatic imine (C=N–C) groups is 1. The standard InChI is InChI=1S/C19H20F4N2O3/c1-5-11(8-24-4)6-14(25-19(27)10(2)3)15(26)9-28-18-16(22)12(20)7-13(21)17(18)23/h5,7-8,10,14H,1,4,6,9H2,2-3H3,(H,25,27)/b11-8+. The third-order valence-corrected chi connectivity index (χ3v) is 3.62. The first-order valence-electron chi connectivity index (χ1n) is 8.18. The highest BCUT2D eigenvalue weighted by atomic mass is 19.2. The van der Waals surface area contributed by atoms with Gasteiger partial charge in [0.1, 0.15) is 6.61 Å². The van der Waals surface area contributed by atoms with E-state index in [2.05, 4.69) is 28.3 Å². The summed E-state index contributed by atoms with van der Waals surface area (Å²) in [6.07, 6.45) is 2.65. The van der Waals surface area contributed by atoms with E-state index in [9.17, 15) is 27.2 Å². The highest BCUT2D eigenvalue weighted by molar-refractivity contribution is 5.90. The molecule has 0 bridgehead atoms. The van der Waals surface area contributed by atoms with Crippen LogP contribution in [0.2, 0.25) is 0 Å². The van der Waals surface area contributed by atoms with Crippen LogP contribution in [-0.2, 0) is 9.59 Å². The molecule has 0 aliphatic heterocycles. The second-order valence-corrected chi connectivity index (χ2v) is 6.06. The molecule has 1 unspecified atom stereocenters. The summed E-state index contributed by atoms with van der Waals surface area (Å²) in [5.41, 5.74) is 0.451. The van der Waals surface area contributed by atoms with E-state index in [4.69, 9.17) is 0 Å². The largest absolute Gasteiger partial charge is 0.479 e. The van der Waals surface area contributed by atoms with Gasteiger partial charge in [-0.05, 0) is 12.3 Å². The van der Waals surface area contributed by atoms with Gasteiger partial charge in [0, 0.05) is 24.6 Å². The Morgan fingerprint density at radius 1 is 1.21 bits per heavy atom. The van der Waals surface area contributed by atoms with Crippen LogP contribution in [0.25, 0.3) is 0 Å². The van der Waals surface area contributed by atoms with Crippen LogP contribution in [0.5, 0.6) is 5.75 Å². The molecule has 5 nitrogen and oxygen atoms in total. The molecule has 9 heteroatoms. The van der Waals surface area contributed by atoms with Crippen molar-refractivity contribution in [1.29, 1.82) is 0 Å². The Bertz CT molecular complexity index is 781. The number of ether oxygens (including phenoxy) is 1. The fourth-order valence-corrected chi connectivity index (χ4v) is 2.05. The zero-order valence-corrected chi connectivity index (χ0v) is 15.4. The van der Waals surface area contributed by atoms with Crippen LogP contribution in [0.3, 0.4) is 0 Å². The Balaban J connectivity index is 3.04. The summed E-state index contributed by atoms with van der Waals surface area (Å²) in [5.74, 6) is -9.91. The number of ketones is 1. The van der Waals surface area contributed by atoms with Crippen molar-refractivity contribution < 1.29 is 31.9 Å². The number of nitrogens with zero attached hydrogens (tertiary/aromatic N) is 1. The van der Waals surface area contributed by atoms with E-state index in [-0.39, 0.29) is 12.5 Å². The number of hydrogen-bond acceptors (Lipinski definition) is 4. The van der Waals surface area contributed by atoms with Crippen LogP contribution in [0, 0.1) is 29.2 Å². The average molecular weight is 400 g/mol. The van der Waals surface area contributed by atoms with Gasteiger partial charge in [-0.25, -0.2) is 8.78 Å². The molecule has 1 atom stereocenters. The third-order valence-electron chi connectivity index (χ3n) is 3.62. The Labute approximate surface area is 159 Å². The number of rotatable bonds is 10. The number of carbonyl (C=O) groups excluding carboxylic acids is 2. The average Bonchev–Trinajstić information content (AvgIpc) is 2.64. The lowest BCUT2D eigenvalue weighted by molar-refractivity contribution is -0.130. The third kappa shape index (κ3) is 6.04. The molecule has 1 aromatic carbocycles. The van der Waals surface area contributed by atoms with E-state index >= 15 is 0 Å². The molecular formula is C19H20F4N2O3. The van der Waals surface area contributed by atoms with Crippen LogP contribution < -0.4 is 10.1 Å². The first-order chi connectivity index (χ1) is 13.1. The van der Waals surface area contributed by atoms with Gasteiger partial charge in [-0.2, -0.15) is 8.78 Å².